The van der Waals surface area contributed by atoms with Crippen LogP contribution in [0.1, 0.15) is 25.8 Å². The van der Waals surface area contributed by atoms with Crippen molar-refractivity contribution in [2.45, 2.75) is 38.3 Å². The molecule has 0 spiro atoms. The van der Waals surface area contributed by atoms with E-state index in [1.54, 1.807) is 13.8 Å². The molecule has 1 aromatic carbocycles. The number of rotatable bonds is 4. The van der Waals surface area contributed by atoms with Gasteiger partial charge in [0.25, 0.3) is 0 Å². The molecule has 1 aromatic rings. The first kappa shape index (κ1) is 13.4. The first-order valence-electron chi connectivity index (χ1n) is 6.26. The molecule has 102 valence electrons. The molecular weight excluding hydrogens is 244 g/mol. The van der Waals surface area contributed by atoms with Gasteiger partial charge in [0, 0.05) is 17.6 Å². The fourth-order valence-corrected chi connectivity index (χ4v) is 2.30. The Balaban J connectivity index is 1.98. The molecule has 5 heteroatoms. The second kappa shape index (κ2) is 4.91. The van der Waals surface area contributed by atoms with Gasteiger partial charge in [0.2, 0.25) is 5.91 Å². The van der Waals surface area contributed by atoms with Gasteiger partial charge in [-0.05, 0) is 25.5 Å². The Kier molecular flexibility index (Phi) is 3.46. The van der Waals surface area contributed by atoms with E-state index in [1.807, 2.05) is 24.3 Å². The lowest BCUT2D eigenvalue weighted by atomic mass is 9.99. The number of hydrogen-bond donors (Lipinski definition) is 3. The molecule has 1 aliphatic heterocycles. The number of benzene rings is 1. The maximum Gasteiger partial charge on any atom is 0.305 e. The van der Waals surface area contributed by atoms with Gasteiger partial charge in [-0.3, -0.25) is 9.59 Å². The first-order valence-corrected chi connectivity index (χ1v) is 6.26. The number of carboxylic acids is 1. The average molecular weight is 262 g/mol. The number of hydrogen-bond acceptors (Lipinski definition) is 3. The summed E-state index contributed by atoms with van der Waals surface area (Å²) in [6.07, 6.45) is 0.531. The molecule has 5 nitrogen and oxygen atoms in total. The van der Waals surface area contributed by atoms with Crippen LogP contribution in [0.4, 0.5) is 5.69 Å². The minimum atomic E-state index is -0.923. The highest BCUT2D eigenvalue weighted by Gasteiger charge is 2.31. The number of carbonyl (C=O) groups is 2. The van der Waals surface area contributed by atoms with Crippen molar-refractivity contribution >= 4 is 17.6 Å². The van der Waals surface area contributed by atoms with Gasteiger partial charge in [-0.1, -0.05) is 18.2 Å². The summed E-state index contributed by atoms with van der Waals surface area (Å²) in [7, 11) is 0. The molecule has 1 aliphatic rings. The fourth-order valence-electron chi connectivity index (χ4n) is 2.30. The van der Waals surface area contributed by atoms with Crippen molar-refractivity contribution in [3.63, 3.8) is 0 Å². The average Bonchev–Trinajstić information content (AvgIpc) is 2.69. The van der Waals surface area contributed by atoms with Crippen molar-refractivity contribution in [1.82, 2.24) is 5.32 Å². The highest BCUT2D eigenvalue weighted by molar-refractivity contribution is 5.88. The minimum Gasteiger partial charge on any atom is -0.481 e. The molecule has 0 aromatic heterocycles. The van der Waals surface area contributed by atoms with E-state index in [-0.39, 0.29) is 18.4 Å². The van der Waals surface area contributed by atoms with E-state index in [2.05, 4.69) is 10.6 Å². The number of para-hydroxylation sites is 1. The highest BCUT2D eigenvalue weighted by Crippen LogP contribution is 2.25. The standard InChI is InChI=1S/C14H18N2O3/c1-14(2,8-12(17)18)16-13(19)11-7-9-5-3-4-6-10(9)15-11/h3-6,11,15H,7-8H2,1-2H3,(H,16,19)(H,17,18). The number of aliphatic carboxylic acids is 1. The zero-order chi connectivity index (χ0) is 14.0. The fraction of sp³-hybridized carbons (Fsp3) is 0.429. The molecule has 0 fully saturated rings. The summed E-state index contributed by atoms with van der Waals surface area (Å²) in [6, 6.07) is 7.45. The Hall–Kier alpha value is -2.04. The van der Waals surface area contributed by atoms with E-state index < -0.39 is 11.5 Å². The van der Waals surface area contributed by atoms with E-state index >= 15 is 0 Å². The predicted molar refractivity (Wildman–Crippen MR) is 72.0 cm³/mol. The molecule has 1 atom stereocenters. The Morgan fingerprint density at radius 3 is 2.74 bits per heavy atom. The van der Waals surface area contributed by atoms with Crippen molar-refractivity contribution in [2.75, 3.05) is 5.32 Å². The van der Waals surface area contributed by atoms with Gasteiger partial charge >= 0.3 is 5.97 Å². The minimum absolute atomic E-state index is 0.0988. The number of anilines is 1. The van der Waals surface area contributed by atoms with E-state index in [0.717, 1.165) is 11.3 Å². The van der Waals surface area contributed by atoms with E-state index in [0.29, 0.717) is 6.42 Å². The number of amides is 1. The molecule has 2 rings (SSSR count). The summed E-state index contributed by atoms with van der Waals surface area (Å²) in [6.45, 7) is 3.42. The monoisotopic (exact) mass is 262 g/mol. The third-order valence-corrected chi connectivity index (χ3v) is 3.14. The van der Waals surface area contributed by atoms with Gasteiger partial charge in [-0.15, -0.1) is 0 Å². The third kappa shape index (κ3) is 3.24. The molecule has 0 saturated heterocycles. The van der Waals surface area contributed by atoms with E-state index in [9.17, 15) is 9.59 Å². The van der Waals surface area contributed by atoms with Gasteiger partial charge in [-0.2, -0.15) is 0 Å². The highest BCUT2D eigenvalue weighted by atomic mass is 16.4. The quantitative estimate of drug-likeness (QED) is 0.766. The van der Waals surface area contributed by atoms with Crippen LogP contribution in [0, 0.1) is 0 Å². The maximum absolute atomic E-state index is 12.1. The topological polar surface area (TPSA) is 78.4 Å². The molecule has 1 unspecified atom stereocenters. The van der Waals surface area contributed by atoms with Crippen LogP contribution in [0.3, 0.4) is 0 Å². The number of carbonyl (C=O) groups excluding carboxylic acids is 1. The van der Waals surface area contributed by atoms with Gasteiger partial charge in [-0.25, -0.2) is 0 Å². The SMILES string of the molecule is CC(C)(CC(=O)O)NC(=O)C1Cc2ccccc2N1. The van der Waals surface area contributed by atoms with Crippen LogP contribution >= 0.6 is 0 Å². The van der Waals surface area contributed by atoms with Crippen molar-refractivity contribution in [2.24, 2.45) is 0 Å². The van der Waals surface area contributed by atoms with Gasteiger partial charge in [0.05, 0.1) is 6.42 Å². The summed E-state index contributed by atoms with van der Waals surface area (Å²) < 4.78 is 0. The van der Waals surface area contributed by atoms with E-state index in [4.69, 9.17) is 5.11 Å². The molecule has 1 heterocycles. The van der Waals surface area contributed by atoms with Crippen LogP contribution in [-0.4, -0.2) is 28.6 Å². The number of fused-ring (bicyclic) bond motifs is 1. The third-order valence-electron chi connectivity index (χ3n) is 3.14. The lowest BCUT2D eigenvalue weighted by Crippen LogP contribution is -2.50. The molecule has 0 saturated carbocycles. The molecular formula is C14H18N2O3. The molecule has 0 radical (unpaired) electrons. The predicted octanol–water partition coefficient (Wildman–Crippen LogP) is 1.39. The van der Waals surface area contributed by atoms with Crippen molar-refractivity contribution < 1.29 is 14.7 Å². The summed E-state index contributed by atoms with van der Waals surface area (Å²) in [5.74, 6) is -1.09. The van der Waals surface area contributed by atoms with Crippen LogP contribution in [0.15, 0.2) is 24.3 Å². The summed E-state index contributed by atoms with van der Waals surface area (Å²) in [5, 5.41) is 14.7. The van der Waals surface area contributed by atoms with Crippen molar-refractivity contribution in [3.8, 4) is 0 Å². The Bertz CT molecular complexity index is 486. The Labute approximate surface area is 112 Å². The van der Waals surface area contributed by atoms with Crippen molar-refractivity contribution in [1.29, 1.82) is 0 Å². The number of carboxylic acid groups (broad SMARTS) is 1. The first-order chi connectivity index (χ1) is 8.87. The zero-order valence-electron chi connectivity index (χ0n) is 11.1. The smallest absolute Gasteiger partial charge is 0.305 e. The summed E-state index contributed by atoms with van der Waals surface area (Å²) >= 11 is 0. The normalized spacial score (nSPS) is 17.5. The summed E-state index contributed by atoms with van der Waals surface area (Å²) in [4.78, 5) is 22.9. The van der Waals surface area contributed by atoms with Crippen LogP contribution < -0.4 is 10.6 Å². The molecule has 19 heavy (non-hydrogen) atoms. The second-order valence-corrected chi connectivity index (χ2v) is 5.50. The molecule has 0 bridgehead atoms. The van der Waals surface area contributed by atoms with Crippen LogP contribution in [0.5, 0.6) is 0 Å². The number of nitrogens with one attached hydrogen (secondary N) is 2. The molecule has 0 aliphatic carbocycles. The van der Waals surface area contributed by atoms with Crippen LogP contribution in [0.2, 0.25) is 0 Å². The summed E-state index contributed by atoms with van der Waals surface area (Å²) in [5.41, 5.74) is 1.33. The lowest BCUT2D eigenvalue weighted by Gasteiger charge is -2.26. The maximum atomic E-state index is 12.1. The van der Waals surface area contributed by atoms with Crippen LogP contribution in [0.25, 0.3) is 0 Å². The second-order valence-electron chi connectivity index (χ2n) is 5.50. The van der Waals surface area contributed by atoms with E-state index in [1.165, 1.54) is 0 Å². The van der Waals surface area contributed by atoms with Crippen molar-refractivity contribution in [3.05, 3.63) is 29.8 Å². The Morgan fingerprint density at radius 1 is 1.42 bits per heavy atom. The van der Waals surface area contributed by atoms with Gasteiger partial charge in [0.15, 0.2) is 0 Å². The van der Waals surface area contributed by atoms with Gasteiger partial charge < -0.3 is 15.7 Å². The zero-order valence-corrected chi connectivity index (χ0v) is 11.1. The van der Waals surface area contributed by atoms with Crippen LogP contribution in [-0.2, 0) is 16.0 Å². The Morgan fingerprint density at radius 2 is 2.11 bits per heavy atom. The lowest BCUT2D eigenvalue weighted by molar-refractivity contribution is -0.138. The molecule has 3 N–H and O–H groups in total. The largest absolute Gasteiger partial charge is 0.481 e. The molecule has 1 amide bonds. The van der Waals surface area contributed by atoms with Gasteiger partial charge in [0.1, 0.15) is 6.04 Å².